The molecule has 2 rings (SSSR count). The van der Waals surface area contributed by atoms with Crippen molar-refractivity contribution in [3.63, 3.8) is 0 Å². The lowest BCUT2D eigenvalue weighted by atomic mass is 10.1. The first-order valence-electron chi connectivity index (χ1n) is 11.6. The molecule has 0 aromatic heterocycles. The first-order valence-corrected chi connectivity index (χ1v) is 11.6. The van der Waals surface area contributed by atoms with Crippen LogP contribution in [0.3, 0.4) is 0 Å². The molecule has 0 unspecified atom stereocenters. The van der Waals surface area contributed by atoms with Crippen molar-refractivity contribution < 1.29 is 52.4 Å². The molecule has 0 fully saturated rings. The van der Waals surface area contributed by atoms with Crippen LogP contribution in [-0.2, 0) is 52.4 Å². The lowest BCUT2D eigenvalue weighted by Crippen LogP contribution is -2.41. The second-order valence-electron chi connectivity index (χ2n) is 8.09. The maximum atomic E-state index is 11.3. The molecule has 2 aliphatic heterocycles. The summed E-state index contributed by atoms with van der Waals surface area (Å²) in [5.74, 6) is -1.85. The molecule has 0 aromatic carbocycles. The normalized spacial score (nSPS) is 27.3. The number of carbonyl (C=O) groups excluding carboxylic acids is 4. The highest BCUT2D eigenvalue weighted by Crippen LogP contribution is 2.20. The van der Waals surface area contributed by atoms with Gasteiger partial charge < -0.3 is 33.3 Å². The highest BCUT2D eigenvalue weighted by molar-refractivity contribution is 5.67. The fourth-order valence-corrected chi connectivity index (χ4v) is 3.41. The van der Waals surface area contributed by atoms with Gasteiger partial charge in [-0.25, -0.2) is 0 Å². The average Bonchev–Trinajstić information content (AvgIpc) is 2.80. The van der Waals surface area contributed by atoms with Crippen LogP contribution in [0.4, 0.5) is 0 Å². The second-order valence-corrected chi connectivity index (χ2v) is 8.09. The Balaban J connectivity index is 1.77. The summed E-state index contributed by atoms with van der Waals surface area (Å²) in [5.41, 5.74) is 0. The molecule has 0 bridgehead atoms. The monoisotopic (exact) mass is 511 g/mol. The third-order valence-corrected chi connectivity index (χ3v) is 4.95. The van der Waals surface area contributed by atoms with Gasteiger partial charge in [0.15, 0.2) is 0 Å². The van der Waals surface area contributed by atoms with E-state index in [1.807, 2.05) is 0 Å². The van der Waals surface area contributed by atoms with Crippen molar-refractivity contribution in [1.82, 2.24) is 0 Å². The van der Waals surface area contributed by atoms with E-state index < -0.39 is 48.3 Å². The largest absolute Gasteiger partial charge is 0.463 e. The summed E-state index contributed by atoms with van der Waals surface area (Å²) in [6.45, 7) is 5.31. The van der Waals surface area contributed by atoms with Crippen molar-refractivity contribution in [3.8, 4) is 0 Å². The molecule has 0 radical (unpaired) electrons. The van der Waals surface area contributed by atoms with Crippen molar-refractivity contribution in [2.75, 3.05) is 19.8 Å². The molecular weight excluding hydrogens is 478 g/mol. The smallest absolute Gasteiger partial charge is 0.303 e. The van der Waals surface area contributed by atoms with Crippen LogP contribution in [0.5, 0.6) is 0 Å². The maximum Gasteiger partial charge on any atom is 0.303 e. The van der Waals surface area contributed by atoms with E-state index in [1.54, 1.807) is 30.5 Å². The number of rotatable bonds is 12. The van der Waals surface area contributed by atoms with E-state index in [-0.39, 0.29) is 32.0 Å². The minimum absolute atomic E-state index is 0.0429. The summed E-state index contributed by atoms with van der Waals surface area (Å²) >= 11 is 0. The van der Waals surface area contributed by atoms with Crippen LogP contribution >= 0.6 is 0 Å². The van der Waals surface area contributed by atoms with Crippen molar-refractivity contribution >= 4 is 30.1 Å². The molecule has 200 valence electrons. The van der Waals surface area contributed by atoms with Crippen LogP contribution in [0.1, 0.15) is 40.5 Å². The minimum Gasteiger partial charge on any atom is -0.463 e. The molecule has 36 heavy (non-hydrogen) atoms. The number of esters is 4. The Labute approximate surface area is 209 Å². The first-order chi connectivity index (χ1) is 17.1. The molecule has 0 saturated carbocycles. The van der Waals surface area contributed by atoms with Crippen LogP contribution in [0.15, 0.2) is 29.5 Å². The number of nitrogens with zero attached hydrogens (tertiary/aromatic N) is 1. The van der Waals surface area contributed by atoms with Gasteiger partial charge in [0, 0.05) is 46.8 Å². The lowest BCUT2D eigenvalue weighted by Gasteiger charge is -2.31. The predicted molar refractivity (Wildman–Crippen MR) is 124 cm³/mol. The van der Waals surface area contributed by atoms with E-state index in [0.717, 1.165) is 0 Å². The third kappa shape index (κ3) is 11.0. The Morgan fingerprint density at radius 3 is 1.75 bits per heavy atom. The molecule has 0 saturated heterocycles. The van der Waals surface area contributed by atoms with Crippen LogP contribution in [0.25, 0.3) is 0 Å². The average molecular weight is 512 g/mol. The highest BCUT2D eigenvalue weighted by Gasteiger charge is 2.31. The Morgan fingerprint density at radius 1 is 0.750 bits per heavy atom. The highest BCUT2D eigenvalue weighted by atomic mass is 16.6. The van der Waals surface area contributed by atoms with Crippen molar-refractivity contribution in [3.05, 3.63) is 24.3 Å². The van der Waals surface area contributed by atoms with E-state index in [2.05, 4.69) is 5.16 Å². The Bertz CT molecular complexity index is 853. The van der Waals surface area contributed by atoms with E-state index in [0.29, 0.717) is 12.8 Å². The Morgan fingerprint density at radius 2 is 1.25 bits per heavy atom. The zero-order chi connectivity index (χ0) is 26.5. The fourth-order valence-electron chi connectivity index (χ4n) is 3.41. The van der Waals surface area contributed by atoms with Gasteiger partial charge in [0.05, 0.1) is 12.2 Å². The molecule has 2 heterocycles. The van der Waals surface area contributed by atoms with Gasteiger partial charge in [-0.1, -0.05) is 17.3 Å². The van der Waals surface area contributed by atoms with E-state index in [9.17, 15) is 19.2 Å². The lowest BCUT2D eigenvalue weighted by molar-refractivity contribution is -0.165. The summed E-state index contributed by atoms with van der Waals surface area (Å²) in [5, 5.41) is 3.92. The van der Waals surface area contributed by atoms with Gasteiger partial charge in [-0.05, 0) is 12.2 Å². The molecule has 12 nitrogen and oxygen atoms in total. The van der Waals surface area contributed by atoms with Gasteiger partial charge in [-0.2, -0.15) is 0 Å². The first kappa shape index (κ1) is 29.0. The number of hydrogen-bond acceptors (Lipinski definition) is 12. The van der Waals surface area contributed by atoms with Gasteiger partial charge in [-0.15, -0.1) is 0 Å². The zero-order valence-electron chi connectivity index (χ0n) is 20.8. The molecule has 0 spiro atoms. The SMILES string of the molecule is CC(=O)OC[C@H]1O[C@H](CC=NOCC[C@@H]2C=C[C@@H](OC(C)=O)[C@@H](COC(C)=O)O2)C=C[C@@H]1OC(C)=O. The van der Waals surface area contributed by atoms with Crippen LogP contribution in [-0.4, -0.2) is 86.5 Å². The summed E-state index contributed by atoms with van der Waals surface area (Å²) in [7, 11) is 0. The van der Waals surface area contributed by atoms with E-state index in [4.69, 9.17) is 33.3 Å². The summed E-state index contributed by atoms with van der Waals surface area (Å²) in [4.78, 5) is 50.1. The topological polar surface area (TPSA) is 145 Å². The number of oxime groups is 1. The standard InChI is InChI=1S/C24H33NO11/c1-15(26)30-13-23-21(33-17(3)28)7-5-19(35-23)9-11-25-32-12-10-20-6-8-22(34-18(4)29)24(36-20)14-31-16(2)27/h5-8,11,19-24H,9-10,12-14H2,1-4H3/t19-,20-,21-,22+,23+,24+/m0/s1. The predicted octanol–water partition coefficient (Wildman–Crippen LogP) is 1.41. The molecular formula is C24H33NO11. The molecule has 12 heteroatoms. The summed E-state index contributed by atoms with van der Waals surface area (Å²) in [6.07, 6.45) is 6.03. The molecule has 0 aromatic rings. The summed E-state index contributed by atoms with van der Waals surface area (Å²) in [6, 6.07) is 0. The minimum atomic E-state index is -0.653. The quantitative estimate of drug-likeness (QED) is 0.0936. The van der Waals surface area contributed by atoms with E-state index >= 15 is 0 Å². The van der Waals surface area contributed by atoms with Gasteiger partial charge in [0.1, 0.15) is 44.2 Å². The molecule has 2 aliphatic rings. The van der Waals surface area contributed by atoms with Crippen LogP contribution in [0, 0.1) is 0 Å². The molecule has 0 N–H and O–H groups in total. The molecule has 0 amide bonds. The Hall–Kier alpha value is -3.25. The van der Waals surface area contributed by atoms with Crippen LogP contribution < -0.4 is 0 Å². The van der Waals surface area contributed by atoms with Gasteiger partial charge in [0.25, 0.3) is 0 Å². The third-order valence-electron chi connectivity index (χ3n) is 4.95. The molecule has 6 atom stereocenters. The van der Waals surface area contributed by atoms with E-state index in [1.165, 1.54) is 27.7 Å². The number of hydrogen-bond donors (Lipinski definition) is 0. The summed E-state index contributed by atoms with van der Waals surface area (Å²) < 4.78 is 32.1. The van der Waals surface area contributed by atoms with Crippen molar-refractivity contribution in [1.29, 1.82) is 0 Å². The maximum absolute atomic E-state index is 11.3. The van der Waals surface area contributed by atoms with Gasteiger partial charge in [-0.3, -0.25) is 19.2 Å². The van der Waals surface area contributed by atoms with Crippen molar-refractivity contribution in [2.24, 2.45) is 5.16 Å². The zero-order valence-corrected chi connectivity index (χ0v) is 20.8. The Kier molecular flexibility index (Phi) is 12.1. The second kappa shape index (κ2) is 15.0. The van der Waals surface area contributed by atoms with Crippen molar-refractivity contribution in [2.45, 2.75) is 77.2 Å². The molecule has 0 aliphatic carbocycles. The number of carbonyl (C=O) groups is 4. The van der Waals surface area contributed by atoms with Gasteiger partial charge >= 0.3 is 23.9 Å². The number of ether oxygens (including phenoxy) is 6. The van der Waals surface area contributed by atoms with Crippen LogP contribution in [0.2, 0.25) is 0 Å². The van der Waals surface area contributed by atoms with Gasteiger partial charge in [0.2, 0.25) is 0 Å². The fraction of sp³-hybridized carbons (Fsp3) is 0.625.